The summed E-state index contributed by atoms with van der Waals surface area (Å²) in [6.45, 7) is 0. The lowest BCUT2D eigenvalue weighted by Crippen LogP contribution is -2.28. The number of H-pyrrole nitrogens is 1. The highest BCUT2D eigenvalue weighted by Crippen LogP contribution is 2.30. The van der Waals surface area contributed by atoms with Crippen molar-refractivity contribution >= 4 is 57.7 Å². The standard InChI is InChI=1S/C22H19Cl2N3O3S/c1-30-21(29)19-18(15(12-25-19)10-13-8-9-16(23)17(24)11-13)26-22(31-2)27-20(28)14-6-4-3-5-7-14/h3-9,11-12,25H,10H2,1-2H3,(H,26,27,28). The molecule has 9 heteroatoms. The largest absolute Gasteiger partial charge is 0.464 e. The molecule has 2 aromatic carbocycles. The summed E-state index contributed by atoms with van der Waals surface area (Å²) >= 11 is 13.4. The van der Waals surface area contributed by atoms with Crippen LogP contribution in [0.15, 0.2) is 59.7 Å². The quantitative estimate of drug-likeness (QED) is 0.290. The van der Waals surface area contributed by atoms with Crippen LogP contribution in [-0.2, 0) is 11.2 Å². The Morgan fingerprint density at radius 2 is 1.87 bits per heavy atom. The lowest BCUT2D eigenvalue weighted by molar-refractivity contribution is 0.0595. The number of hydrogen-bond acceptors (Lipinski definition) is 5. The van der Waals surface area contributed by atoms with Gasteiger partial charge < -0.3 is 15.0 Å². The number of aliphatic imine (C=N–C) groups is 1. The second-order valence-electron chi connectivity index (χ2n) is 6.40. The number of carbonyl (C=O) groups is 2. The Morgan fingerprint density at radius 3 is 2.52 bits per heavy atom. The van der Waals surface area contributed by atoms with Gasteiger partial charge in [-0.25, -0.2) is 9.79 Å². The summed E-state index contributed by atoms with van der Waals surface area (Å²) in [6, 6.07) is 14.1. The average Bonchev–Trinajstić information content (AvgIpc) is 3.17. The molecule has 6 nitrogen and oxygen atoms in total. The van der Waals surface area contributed by atoms with Gasteiger partial charge in [-0.05, 0) is 36.1 Å². The zero-order valence-electron chi connectivity index (χ0n) is 16.7. The zero-order chi connectivity index (χ0) is 22.4. The molecule has 0 atom stereocenters. The lowest BCUT2D eigenvalue weighted by Gasteiger charge is -2.09. The summed E-state index contributed by atoms with van der Waals surface area (Å²) in [7, 11) is 1.29. The van der Waals surface area contributed by atoms with Crippen molar-refractivity contribution in [3.05, 3.63) is 87.2 Å². The zero-order valence-corrected chi connectivity index (χ0v) is 19.1. The number of aromatic nitrogens is 1. The third-order valence-corrected chi connectivity index (χ3v) is 5.68. The van der Waals surface area contributed by atoms with Gasteiger partial charge >= 0.3 is 5.97 Å². The monoisotopic (exact) mass is 475 g/mol. The molecule has 0 fully saturated rings. The molecule has 0 aliphatic carbocycles. The minimum atomic E-state index is -0.561. The number of hydrogen-bond donors (Lipinski definition) is 2. The van der Waals surface area contributed by atoms with Crippen LogP contribution in [0.4, 0.5) is 5.69 Å². The van der Waals surface area contributed by atoms with E-state index < -0.39 is 5.97 Å². The minimum absolute atomic E-state index is 0.193. The number of aromatic amines is 1. The molecule has 3 rings (SSSR count). The minimum Gasteiger partial charge on any atom is -0.464 e. The maximum absolute atomic E-state index is 12.5. The smallest absolute Gasteiger partial charge is 0.356 e. The average molecular weight is 476 g/mol. The van der Waals surface area contributed by atoms with Crippen molar-refractivity contribution in [3.8, 4) is 0 Å². The van der Waals surface area contributed by atoms with Gasteiger partial charge in [0.25, 0.3) is 5.91 Å². The number of thioether (sulfide) groups is 1. The van der Waals surface area contributed by atoms with Gasteiger partial charge in [0.05, 0.1) is 17.2 Å². The first kappa shape index (κ1) is 22.9. The highest BCUT2D eigenvalue weighted by Gasteiger charge is 2.20. The van der Waals surface area contributed by atoms with Crippen LogP contribution in [0.1, 0.15) is 32.0 Å². The number of nitrogens with zero attached hydrogens (tertiary/aromatic N) is 1. The van der Waals surface area contributed by atoms with E-state index in [2.05, 4.69) is 15.3 Å². The number of benzene rings is 2. The maximum Gasteiger partial charge on any atom is 0.356 e. The van der Waals surface area contributed by atoms with E-state index in [9.17, 15) is 9.59 Å². The molecule has 3 aromatic rings. The van der Waals surface area contributed by atoms with Gasteiger partial charge in [-0.1, -0.05) is 59.2 Å². The van der Waals surface area contributed by atoms with Crippen molar-refractivity contribution in [3.63, 3.8) is 0 Å². The molecule has 1 heterocycles. The Morgan fingerprint density at radius 1 is 1.13 bits per heavy atom. The highest BCUT2D eigenvalue weighted by molar-refractivity contribution is 8.13. The van der Waals surface area contributed by atoms with Gasteiger partial charge in [-0.2, -0.15) is 0 Å². The van der Waals surface area contributed by atoms with Gasteiger partial charge in [-0.3, -0.25) is 4.79 Å². The number of carbonyl (C=O) groups excluding carboxylic acids is 2. The lowest BCUT2D eigenvalue weighted by atomic mass is 10.1. The number of esters is 1. The van der Waals surface area contributed by atoms with Crippen molar-refractivity contribution in [2.45, 2.75) is 6.42 Å². The fraction of sp³-hybridized carbons (Fsp3) is 0.136. The number of amidine groups is 1. The number of ether oxygens (including phenoxy) is 1. The van der Waals surface area contributed by atoms with E-state index in [4.69, 9.17) is 27.9 Å². The summed E-state index contributed by atoms with van der Waals surface area (Å²) in [5, 5.41) is 4.02. The number of rotatable bonds is 5. The number of methoxy groups -OCH3 is 1. The summed E-state index contributed by atoms with van der Waals surface area (Å²) in [4.78, 5) is 32.3. The molecule has 0 spiro atoms. The Labute approximate surface area is 194 Å². The fourth-order valence-electron chi connectivity index (χ4n) is 2.83. The van der Waals surface area contributed by atoms with E-state index in [1.807, 2.05) is 12.1 Å². The summed E-state index contributed by atoms with van der Waals surface area (Å²) in [5.41, 5.74) is 2.70. The van der Waals surface area contributed by atoms with Gasteiger partial charge in [0.15, 0.2) is 10.9 Å². The van der Waals surface area contributed by atoms with Crippen LogP contribution in [0.5, 0.6) is 0 Å². The molecule has 0 saturated heterocycles. The van der Waals surface area contributed by atoms with Gasteiger partial charge in [0, 0.05) is 23.7 Å². The van der Waals surface area contributed by atoms with E-state index in [0.29, 0.717) is 32.9 Å². The van der Waals surface area contributed by atoms with Crippen molar-refractivity contribution < 1.29 is 14.3 Å². The van der Waals surface area contributed by atoms with Crippen molar-refractivity contribution in [2.75, 3.05) is 13.4 Å². The number of nitrogens with one attached hydrogen (secondary N) is 2. The molecule has 1 amide bonds. The molecule has 0 radical (unpaired) electrons. The predicted molar refractivity (Wildman–Crippen MR) is 126 cm³/mol. The second kappa shape index (κ2) is 10.5. The summed E-state index contributed by atoms with van der Waals surface area (Å²) in [5.74, 6) is -0.858. The van der Waals surface area contributed by atoms with E-state index in [-0.39, 0.29) is 11.6 Å². The molecule has 0 bridgehead atoms. The first-order chi connectivity index (χ1) is 14.9. The second-order valence-corrected chi connectivity index (χ2v) is 8.00. The topological polar surface area (TPSA) is 83.6 Å². The molecule has 31 heavy (non-hydrogen) atoms. The Hall–Kier alpha value is -2.74. The molecular formula is C22H19Cl2N3O3S. The van der Waals surface area contributed by atoms with Crippen molar-refractivity contribution in [1.82, 2.24) is 10.3 Å². The molecule has 2 N–H and O–H groups in total. The first-order valence-corrected chi connectivity index (χ1v) is 11.1. The third kappa shape index (κ3) is 5.70. The number of amides is 1. The van der Waals surface area contributed by atoms with Crippen LogP contribution < -0.4 is 5.32 Å². The van der Waals surface area contributed by atoms with Gasteiger partial charge in [0.2, 0.25) is 0 Å². The van der Waals surface area contributed by atoms with Crippen LogP contribution in [-0.4, -0.2) is 35.4 Å². The Bertz CT molecular complexity index is 1130. The predicted octanol–water partition coefficient (Wildman–Crippen LogP) is 5.48. The Balaban J connectivity index is 1.96. The van der Waals surface area contributed by atoms with E-state index >= 15 is 0 Å². The normalized spacial score (nSPS) is 11.3. The van der Waals surface area contributed by atoms with Crippen LogP contribution in [0, 0.1) is 0 Å². The van der Waals surface area contributed by atoms with E-state index in [1.54, 1.807) is 48.9 Å². The third-order valence-electron chi connectivity index (χ3n) is 4.36. The van der Waals surface area contributed by atoms with Crippen molar-refractivity contribution in [2.24, 2.45) is 4.99 Å². The maximum atomic E-state index is 12.5. The van der Waals surface area contributed by atoms with Crippen LogP contribution >= 0.6 is 35.0 Å². The number of halogens is 2. The molecule has 0 aliphatic rings. The van der Waals surface area contributed by atoms with Crippen LogP contribution in [0.2, 0.25) is 10.0 Å². The Kier molecular flexibility index (Phi) is 7.79. The summed E-state index contributed by atoms with van der Waals surface area (Å²) in [6.07, 6.45) is 3.91. The molecule has 160 valence electrons. The van der Waals surface area contributed by atoms with Crippen LogP contribution in [0.25, 0.3) is 0 Å². The van der Waals surface area contributed by atoms with E-state index in [1.165, 1.54) is 18.9 Å². The van der Waals surface area contributed by atoms with Crippen LogP contribution in [0.3, 0.4) is 0 Å². The SMILES string of the molecule is COC(=O)c1[nH]cc(Cc2ccc(Cl)c(Cl)c2)c1N=C(NC(=O)c1ccccc1)SC. The molecule has 0 aliphatic heterocycles. The van der Waals surface area contributed by atoms with Gasteiger partial charge in [0.1, 0.15) is 5.69 Å². The highest BCUT2D eigenvalue weighted by atomic mass is 35.5. The first-order valence-electron chi connectivity index (χ1n) is 9.14. The molecule has 0 saturated carbocycles. The van der Waals surface area contributed by atoms with E-state index in [0.717, 1.165) is 11.1 Å². The fourth-order valence-corrected chi connectivity index (χ4v) is 3.53. The molecule has 1 aromatic heterocycles. The summed E-state index contributed by atoms with van der Waals surface area (Å²) < 4.78 is 4.87. The molecular weight excluding hydrogens is 457 g/mol. The van der Waals surface area contributed by atoms with Gasteiger partial charge in [-0.15, -0.1) is 0 Å². The molecule has 0 unspecified atom stereocenters. The van der Waals surface area contributed by atoms with Crippen molar-refractivity contribution in [1.29, 1.82) is 0 Å².